The lowest BCUT2D eigenvalue weighted by Crippen LogP contribution is -2.28. The monoisotopic (exact) mass is 562 g/mol. The van der Waals surface area contributed by atoms with Crippen LogP contribution in [-0.4, -0.2) is 43.0 Å². The minimum absolute atomic E-state index is 0.0113. The molecule has 1 heterocycles. The SMILES string of the molecule is Cc1cc(C)c(S(=O)(=O)N(Cl)c2ccc(N3CCCNCC3)cc2NS(=O)(=O)c2ccccc2)c(C)c1. The number of nitrogens with one attached hydrogen (secondary N) is 2. The Hall–Kier alpha value is -2.79. The maximum atomic E-state index is 13.7. The smallest absolute Gasteiger partial charge is 0.278 e. The zero-order valence-corrected chi connectivity index (χ0v) is 23.4. The minimum atomic E-state index is -4.22. The lowest BCUT2D eigenvalue weighted by molar-refractivity contribution is 0.595. The van der Waals surface area contributed by atoms with Crippen LogP contribution in [0.5, 0.6) is 0 Å². The summed E-state index contributed by atoms with van der Waals surface area (Å²) in [4.78, 5) is 2.28. The van der Waals surface area contributed by atoms with Crippen LogP contribution in [0.1, 0.15) is 23.1 Å². The largest absolute Gasteiger partial charge is 0.370 e. The molecule has 0 aliphatic carbocycles. The highest BCUT2D eigenvalue weighted by Gasteiger charge is 2.30. The van der Waals surface area contributed by atoms with Gasteiger partial charge in [-0.3, -0.25) is 4.72 Å². The molecule has 1 fully saturated rings. The van der Waals surface area contributed by atoms with Crippen LogP contribution in [-0.2, 0) is 20.0 Å². The Labute approximate surface area is 224 Å². The van der Waals surface area contributed by atoms with Gasteiger partial charge in [0, 0.05) is 37.1 Å². The molecule has 3 aromatic carbocycles. The molecule has 4 rings (SSSR count). The van der Waals surface area contributed by atoms with Crippen molar-refractivity contribution in [3.8, 4) is 0 Å². The van der Waals surface area contributed by atoms with E-state index >= 15 is 0 Å². The van der Waals surface area contributed by atoms with E-state index in [2.05, 4.69) is 14.9 Å². The van der Waals surface area contributed by atoms with Crippen LogP contribution in [0.3, 0.4) is 0 Å². The normalized spacial score (nSPS) is 14.8. The van der Waals surface area contributed by atoms with Gasteiger partial charge in [0.15, 0.2) is 0 Å². The van der Waals surface area contributed by atoms with Gasteiger partial charge in [0.25, 0.3) is 20.0 Å². The number of halogens is 1. The van der Waals surface area contributed by atoms with Crippen LogP contribution in [0.15, 0.2) is 70.5 Å². The summed E-state index contributed by atoms with van der Waals surface area (Å²) in [5, 5.41) is 3.34. The van der Waals surface area contributed by atoms with Gasteiger partial charge in [0.2, 0.25) is 0 Å². The van der Waals surface area contributed by atoms with Gasteiger partial charge in [-0.15, -0.1) is 0 Å². The number of hydrogen-bond acceptors (Lipinski definition) is 6. The van der Waals surface area contributed by atoms with Crippen LogP contribution in [0.25, 0.3) is 0 Å². The molecule has 0 saturated carbocycles. The molecule has 37 heavy (non-hydrogen) atoms. The van der Waals surface area contributed by atoms with E-state index in [1.54, 1.807) is 62.4 Å². The summed E-state index contributed by atoms with van der Waals surface area (Å²) >= 11 is 6.55. The first kappa shape index (κ1) is 27.3. The number of hydrogen-bond donors (Lipinski definition) is 2. The number of anilines is 3. The molecule has 0 radical (unpaired) electrons. The molecule has 1 saturated heterocycles. The zero-order valence-electron chi connectivity index (χ0n) is 21.0. The van der Waals surface area contributed by atoms with Crippen molar-refractivity contribution in [2.24, 2.45) is 0 Å². The number of benzene rings is 3. The Morgan fingerprint density at radius 2 is 1.57 bits per heavy atom. The molecule has 1 aliphatic rings. The average Bonchev–Trinajstić information content (AvgIpc) is 3.13. The molecule has 0 spiro atoms. The second kappa shape index (κ2) is 10.9. The second-order valence-corrected chi connectivity index (χ2v) is 13.1. The molecule has 11 heteroatoms. The lowest BCUT2D eigenvalue weighted by Gasteiger charge is -2.26. The average molecular weight is 563 g/mol. The van der Waals surface area contributed by atoms with E-state index in [-0.39, 0.29) is 21.2 Å². The first-order chi connectivity index (χ1) is 17.5. The van der Waals surface area contributed by atoms with Crippen molar-refractivity contribution >= 4 is 48.9 Å². The number of aryl methyl sites for hydroxylation is 3. The van der Waals surface area contributed by atoms with Crippen molar-refractivity contribution < 1.29 is 16.8 Å². The highest BCUT2D eigenvalue weighted by molar-refractivity contribution is 7.94. The molecule has 3 aromatic rings. The topological polar surface area (TPSA) is 98.8 Å². The van der Waals surface area contributed by atoms with Crippen molar-refractivity contribution in [3.05, 3.63) is 77.4 Å². The first-order valence-corrected chi connectivity index (χ1v) is 15.2. The van der Waals surface area contributed by atoms with E-state index in [0.29, 0.717) is 15.0 Å². The van der Waals surface area contributed by atoms with E-state index in [9.17, 15) is 16.8 Å². The number of rotatable bonds is 7. The third-order valence-electron chi connectivity index (χ3n) is 6.25. The van der Waals surface area contributed by atoms with Gasteiger partial charge in [0.05, 0.1) is 21.2 Å². The van der Waals surface area contributed by atoms with Gasteiger partial charge >= 0.3 is 0 Å². The summed E-state index contributed by atoms with van der Waals surface area (Å²) in [6.45, 7) is 8.51. The van der Waals surface area contributed by atoms with Gasteiger partial charge in [-0.2, -0.15) is 12.2 Å². The minimum Gasteiger partial charge on any atom is -0.370 e. The Balaban J connectivity index is 1.82. The highest BCUT2D eigenvalue weighted by Crippen LogP contribution is 2.38. The summed E-state index contributed by atoms with van der Waals surface area (Å²) in [5.74, 6) is 0. The van der Waals surface area contributed by atoms with Crippen molar-refractivity contribution in [1.29, 1.82) is 0 Å². The fourth-order valence-corrected chi connectivity index (χ4v) is 7.60. The zero-order chi connectivity index (χ0) is 26.8. The Morgan fingerprint density at radius 1 is 0.892 bits per heavy atom. The van der Waals surface area contributed by atoms with Gasteiger partial charge in [-0.05, 0) is 75.2 Å². The van der Waals surface area contributed by atoms with Gasteiger partial charge in [-0.25, -0.2) is 8.42 Å². The van der Waals surface area contributed by atoms with Gasteiger partial charge in [-0.1, -0.05) is 35.9 Å². The van der Waals surface area contributed by atoms with Crippen LogP contribution < -0.4 is 18.8 Å². The maximum Gasteiger partial charge on any atom is 0.278 e. The molecule has 0 amide bonds. The van der Waals surface area contributed by atoms with E-state index in [4.69, 9.17) is 11.8 Å². The maximum absolute atomic E-state index is 13.7. The highest BCUT2D eigenvalue weighted by atomic mass is 35.5. The van der Waals surface area contributed by atoms with Crippen molar-refractivity contribution in [2.45, 2.75) is 37.0 Å². The summed E-state index contributed by atoms with van der Waals surface area (Å²) in [6, 6.07) is 16.4. The number of sulfonamides is 2. The molecule has 0 bridgehead atoms. The molecule has 8 nitrogen and oxygen atoms in total. The summed E-state index contributed by atoms with van der Waals surface area (Å²) < 4.78 is 57.1. The van der Waals surface area contributed by atoms with E-state index < -0.39 is 20.0 Å². The number of nitrogens with zero attached hydrogens (tertiary/aromatic N) is 2. The quantitative estimate of drug-likeness (QED) is 0.410. The molecule has 2 N–H and O–H groups in total. The molecule has 0 aromatic heterocycles. The molecule has 1 aliphatic heterocycles. The molecular formula is C26H31ClN4O4S2. The predicted molar refractivity (Wildman–Crippen MR) is 150 cm³/mol. The molecule has 198 valence electrons. The molecule has 0 unspecified atom stereocenters. The Bertz CT molecular complexity index is 1470. The van der Waals surface area contributed by atoms with E-state index in [1.165, 1.54) is 12.1 Å². The first-order valence-electron chi connectivity index (χ1n) is 12.0. The predicted octanol–water partition coefficient (Wildman–Crippen LogP) is 4.56. The van der Waals surface area contributed by atoms with E-state index in [1.807, 2.05) is 6.92 Å². The van der Waals surface area contributed by atoms with Gasteiger partial charge in [0.1, 0.15) is 0 Å². The van der Waals surface area contributed by atoms with Crippen molar-refractivity contribution in [1.82, 2.24) is 5.32 Å². The summed E-state index contributed by atoms with van der Waals surface area (Å²) in [7, 11) is -8.23. The third kappa shape index (κ3) is 5.87. The fraction of sp³-hybridized carbons (Fsp3) is 0.308. The molecular weight excluding hydrogens is 532 g/mol. The fourth-order valence-electron chi connectivity index (χ4n) is 4.65. The Kier molecular flexibility index (Phi) is 8.03. The van der Waals surface area contributed by atoms with Crippen molar-refractivity contribution in [3.63, 3.8) is 0 Å². The van der Waals surface area contributed by atoms with E-state index in [0.717, 1.165) is 43.9 Å². The second-order valence-electron chi connectivity index (χ2n) is 9.16. The van der Waals surface area contributed by atoms with Crippen LogP contribution in [0.4, 0.5) is 17.1 Å². The van der Waals surface area contributed by atoms with Crippen molar-refractivity contribution in [2.75, 3.05) is 39.6 Å². The lowest BCUT2D eigenvalue weighted by atomic mass is 10.1. The van der Waals surface area contributed by atoms with Crippen LogP contribution in [0.2, 0.25) is 0 Å². The molecule has 0 atom stereocenters. The summed E-state index contributed by atoms with van der Waals surface area (Å²) in [6.07, 6.45) is 0.925. The van der Waals surface area contributed by atoms with Gasteiger partial charge < -0.3 is 10.2 Å². The van der Waals surface area contributed by atoms with Crippen LogP contribution >= 0.6 is 11.8 Å². The standard InChI is InChI=1S/C26H31ClN4O4S2/c1-19-16-20(2)26(21(3)17-19)37(34,35)31(27)25-11-10-22(30-14-7-12-28-13-15-30)18-24(25)29-36(32,33)23-8-5-4-6-9-23/h4-6,8-11,16-18,28-29H,7,12-15H2,1-3H3. The Morgan fingerprint density at radius 3 is 2.24 bits per heavy atom. The summed E-state index contributed by atoms with van der Waals surface area (Å²) in [5.41, 5.74) is 2.90. The third-order valence-corrected chi connectivity index (χ3v) is 10.1. The van der Waals surface area contributed by atoms with Crippen LogP contribution in [0, 0.1) is 20.8 Å².